The molecule has 0 radical (unpaired) electrons. The molecule has 3 heterocycles. The van der Waals surface area contributed by atoms with Crippen molar-refractivity contribution in [3.8, 4) is 22.8 Å². The molecular weight excluding hydrogens is 388 g/mol. The topological polar surface area (TPSA) is 91.8 Å². The van der Waals surface area contributed by atoms with Gasteiger partial charge in [0.15, 0.2) is 11.0 Å². The highest BCUT2D eigenvalue weighted by Gasteiger charge is 2.17. The zero-order valence-corrected chi connectivity index (χ0v) is 17.0. The predicted molar refractivity (Wildman–Crippen MR) is 109 cm³/mol. The van der Waals surface area contributed by atoms with E-state index in [9.17, 15) is 0 Å². The fourth-order valence-electron chi connectivity index (χ4n) is 2.75. The molecule has 0 saturated heterocycles. The van der Waals surface area contributed by atoms with Crippen molar-refractivity contribution in [3.63, 3.8) is 0 Å². The van der Waals surface area contributed by atoms with Crippen molar-refractivity contribution >= 4 is 11.8 Å². The van der Waals surface area contributed by atoms with Crippen LogP contribution in [0.1, 0.15) is 25.6 Å². The van der Waals surface area contributed by atoms with Crippen LogP contribution in [-0.2, 0) is 12.2 Å². The third-order valence-electron chi connectivity index (χ3n) is 4.09. The first-order chi connectivity index (χ1) is 14.3. The summed E-state index contributed by atoms with van der Waals surface area (Å²) in [5.74, 6) is 3.24. The van der Waals surface area contributed by atoms with Gasteiger partial charge >= 0.3 is 0 Å². The second-order valence-corrected chi connectivity index (χ2v) is 6.98. The van der Waals surface area contributed by atoms with E-state index in [4.69, 9.17) is 9.15 Å². The monoisotopic (exact) mass is 408 g/mol. The SMILES string of the molecule is CCOc1ccc(-n2c(SCc3nnc(CC)o3)nnc2-c2cccnc2)cc1. The Bertz CT molecular complexity index is 1060. The van der Waals surface area contributed by atoms with Gasteiger partial charge in [-0.15, -0.1) is 20.4 Å². The molecule has 0 spiro atoms. The summed E-state index contributed by atoms with van der Waals surface area (Å²) in [5.41, 5.74) is 1.81. The highest BCUT2D eigenvalue weighted by Crippen LogP contribution is 2.30. The summed E-state index contributed by atoms with van der Waals surface area (Å²) in [6.45, 7) is 4.57. The van der Waals surface area contributed by atoms with Gasteiger partial charge in [-0.25, -0.2) is 0 Å². The van der Waals surface area contributed by atoms with Gasteiger partial charge in [-0.2, -0.15) is 0 Å². The molecule has 29 heavy (non-hydrogen) atoms. The molecule has 1 aromatic carbocycles. The molecule has 0 amide bonds. The van der Waals surface area contributed by atoms with Crippen molar-refractivity contribution in [1.29, 1.82) is 0 Å². The van der Waals surface area contributed by atoms with Gasteiger partial charge in [0.1, 0.15) is 5.75 Å². The van der Waals surface area contributed by atoms with Crippen molar-refractivity contribution < 1.29 is 9.15 Å². The van der Waals surface area contributed by atoms with Crippen LogP contribution in [0.4, 0.5) is 0 Å². The Hall–Kier alpha value is -3.20. The Morgan fingerprint density at radius 2 is 1.83 bits per heavy atom. The second-order valence-electron chi connectivity index (χ2n) is 6.04. The molecule has 9 heteroatoms. The van der Waals surface area contributed by atoms with Crippen LogP contribution < -0.4 is 4.74 Å². The number of hydrogen-bond acceptors (Lipinski definition) is 8. The number of aromatic nitrogens is 6. The van der Waals surface area contributed by atoms with Crippen LogP contribution in [0, 0.1) is 0 Å². The maximum absolute atomic E-state index is 5.61. The molecule has 0 aliphatic heterocycles. The average Bonchev–Trinajstić information content (AvgIpc) is 3.40. The molecule has 0 fully saturated rings. The van der Waals surface area contributed by atoms with E-state index in [2.05, 4.69) is 25.4 Å². The number of pyridine rings is 1. The van der Waals surface area contributed by atoms with Crippen LogP contribution >= 0.6 is 11.8 Å². The molecule has 0 N–H and O–H groups in total. The minimum Gasteiger partial charge on any atom is -0.494 e. The van der Waals surface area contributed by atoms with E-state index in [1.54, 1.807) is 12.4 Å². The number of ether oxygens (including phenoxy) is 1. The first kappa shape index (κ1) is 19.1. The van der Waals surface area contributed by atoms with Crippen LogP contribution in [0.15, 0.2) is 58.4 Å². The summed E-state index contributed by atoms with van der Waals surface area (Å²) < 4.78 is 13.2. The van der Waals surface area contributed by atoms with E-state index < -0.39 is 0 Å². The van der Waals surface area contributed by atoms with E-state index in [1.807, 2.05) is 54.8 Å². The summed E-state index contributed by atoms with van der Waals surface area (Å²) >= 11 is 1.49. The second kappa shape index (κ2) is 8.87. The van der Waals surface area contributed by atoms with Crippen LogP contribution in [-0.4, -0.2) is 36.6 Å². The number of thioether (sulfide) groups is 1. The first-order valence-corrected chi connectivity index (χ1v) is 10.3. The lowest BCUT2D eigenvalue weighted by molar-refractivity contribution is 0.340. The van der Waals surface area contributed by atoms with Crippen molar-refractivity contribution in [2.75, 3.05) is 6.61 Å². The lowest BCUT2D eigenvalue weighted by atomic mass is 10.2. The van der Waals surface area contributed by atoms with Crippen molar-refractivity contribution in [3.05, 3.63) is 60.6 Å². The van der Waals surface area contributed by atoms with E-state index >= 15 is 0 Å². The average molecular weight is 408 g/mol. The van der Waals surface area contributed by atoms with Gasteiger partial charge in [0.05, 0.1) is 12.4 Å². The molecule has 0 aliphatic carbocycles. The van der Waals surface area contributed by atoms with Crippen LogP contribution in [0.3, 0.4) is 0 Å². The number of hydrogen-bond donors (Lipinski definition) is 0. The number of rotatable bonds is 8. The van der Waals surface area contributed by atoms with Gasteiger partial charge in [0.2, 0.25) is 11.8 Å². The molecular formula is C20H20N6O2S. The summed E-state index contributed by atoms with van der Waals surface area (Å²) in [7, 11) is 0. The molecule has 0 atom stereocenters. The maximum Gasteiger partial charge on any atom is 0.226 e. The van der Waals surface area contributed by atoms with Gasteiger partial charge in [-0.1, -0.05) is 18.7 Å². The highest BCUT2D eigenvalue weighted by atomic mass is 32.2. The van der Waals surface area contributed by atoms with E-state index in [0.717, 1.165) is 22.2 Å². The largest absolute Gasteiger partial charge is 0.494 e. The Morgan fingerprint density at radius 1 is 1.00 bits per heavy atom. The summed E-state index contributed by atoms with van der Waals surface area (Å²) in [4.78, 5) is 4.21. The summed E-state index contributed by atoms with van der Waals surface area (Å²) in [6.07, 6.45) is 4.22. The van der Waals surface area contributed by atoms with Gasteiger partial charge in [0.25, 0.3) is 0 Å². The van der Waals surface area contributed by atoms with Crippen LogP contribution in [0.5, 0.6) is 5.75 Å². The molecule has 0 saturated carbocycles. The van der Waals surface area contributed by atoms with E-state index in [1.165, 1.54) is 11.8 Å². The number of aryl methyl sites for hydroxylation is 1. The van der Waals surface area contributed by atoms with E-state index in [0.29, 0.717) is 36.4 Å². The molecule has 3 aromatic heterocycles. The molecule has 4 aromatic rings. The minimum absolute atomic E-state index is 0.509. The Balaban J connectivity index is 1.68. The normalized spacial score (nSPS) is 11.0. The Morgan fingerprint density at radius 3 is 2.52 bits per heavy atom. The quantitative estimate of drug-likeness (QED) is 0.405. The smallest absolute Gasteiger partial charge is 0.226 e. The van der Waals surface area contributed by atoms with E-state index in [-0.39, 0.29) is 0 Å². The molecule has 4 rings (SSSR count). The lowest BCUT2D eigenvalue weighted by Gasteiger charge is -2.11. The van der Waals surface area contributed by atoms with Gasteiger partial charge in [0, 0.05) is 30.1 Å². The number of nitrogens with zero attached hydrogens (tertiary/aromatic N) is 6. The minimum atomic E-state index is 0.509. The molecule has 0 aliphatic rings. The zero-order chi connectivity index (χ0) is 20.1. The third kappa shape index (κ3) is 4.29. The van der Waals surface area contributed by atoms with Crippen LogP contribution in [0.2, 0.25) is 0 Å². The molecule has 8 nitrogen and oxygen atoms in total. The zero-order valence-electron chi connectivity index (χ0n) is 16.1. The Labute approximate surface area is 172 Å². The molecule has 0 unspecified atom stereocenters. The van der Waals surface area contributed by atoms with Crippen molar-refractivity contribution in [2.24, 2.45) is 0 Å². The van der Waals surface area contributed by atoms with Crippen LogP contribution in [0.25, 0.3) is 17.1 Å². The summed E-state index contributed by atoms with van der Waals surface area (Å²) in [6, 6.07) is 11.7. The fourth-order valence-corrected chi connectivity index (χ4v) is 3.54. The predicted octanol–water partition coefficient (Wildman–Crippen LogP) is 3.97. The maximum atomic E-state index is 5.61. The summed E-state index contributed by atoms with van der Waals surface area (Å²) in [5, 5.41) is 17.6. The first-order valence-electron chi connectivity index (χ1n) is 9.31. The highest BCUT2D eigenvalue weighted by molar-refractivity contribution is 7.98. The fraction of sp³-hybridized carbons (Fsp3) is 0.250. The van der Waals surface area contributed by atoms with Gasteiger partial charge in [-0.3, -0.25) is 9.55 Å². The van der Waals surface area contributed by atoms with Gasteiger partial charge < -0.3 is 9.15 Å². The van der Waals surface area contributed by atoms with Crippen molar-refractivity contribution in [2.45, 2.75) is 31.2 Å². The standard InChI is InChI=1S/C20H20N6O2S/c1-3-17-22-23-18(28-17)13-29-20-25-24-19(14-6-5-11-21-12-14)26(20)15-7-9-16(10-8-15)27-4-2/h5-12H,3-4,13H2,1-2H3. The van der Waals surface area contributed by atoms with Gasteiger partial charge in [-0.05, 0) is 43.3 Å². The Kier molecular flexibility index (Phi) is 5.85. The number of benzene rings is 1. The molecule has 0 bridgehead atoms. The molecule has 148 valence electrons. The lowest BCUT2D eigenvalue weighted by Crippen LogP contribution is -2.00. The third-order valence-corrected chi connectivity index (χ3v) is 5.01. The van der Waals surface area contributed by atoms with Crippen molar-refractivity contribution in [1.82, 2.24) is 29.9 Å².